The van der Waals surface area contributed by atoms with Gasteiger partial charge in [0.2, 0.25) is 0 Å². The molecule has 3 aromatic rings. The quantitative estimate of drug-likeness (QED) is 0.373. The highest BCUT2D eigenvalue weighted by Gasteiger charge is 2.17. The molecule has 0 aliphatic carbocycles. The van der Waals surface area contributed by atoms with Crippen LogP contribution < -0.4 is 9.47 Å². The third kappa shape index (κ3) is 4.00. The fourth-order valence-electron chi connectivity index (χ4n) is 2.82. The second kappa shape index (κ2) is 8.23. The summed E-state index contributed by atoms with van der Waals surface area (Å²) in [5, 5.41) is 11.8. The van der Waals surface area contributed by atoms with Gasteiger partial charge in [-0.3, -0.25) is 0 Å². The monoisotopic (exact) mass is 366 g/mol. The van der Waals surface area contributed by atoms with Crippen LogP contribution in [0, 0.1) is 0 Å². The van der Waals surface area contributed by atoms with Gasteiger partial charge in [-0.25, -0.2) is 9.59 Å². The first-order valence-corrected chi connectivity index (χ1v) is 8.29. The zero-order chi connectivity index (χ0) is 19.2. The molecule has 0 fully saturated rings. The molecule has 0 aliphatic heterocycles. The topological polar surface area (TPSA) is 82.1 Å². The van der Waals surface area contributed by atoms with Crippen molar-refractivity contribution < 1.29 is 28.9 Å². The van der Waals surface area contributed by atoms with Crippen LogP contribution in [0.2, 0.25) is 0 Å². The van der Waals surface area contributed by atoms with Crippen LogP contribution in [0.25, 0.3) is 21.5 Å². The molecule has 6 nitrogen and oxygen atoms in total. The van der Waals surface area contributed by atoms with Crippen LogP contribution in [-0.2, 0) is 14.3 Å². The van der Waals surface area contributed by atoms with E-state index in [-0.39, 0.29) is 13.2 Å². The lowest BCUT2D eigenvalue weighted by atomic mass is 10.0. The molecule has 0 radical (unpaired) electrons. The van der Waals surface area contributed by atoms with Crippen molar-refractivity contribution >= 4 is 33.5 Å². The summed E-state index contributed by atoms with van der Waals surface area (Å²) in [7, 11) is 0. The fourth-order valence-corrected chi connectivity index (χ4v) is 2.82. The van der Waals surface area contributed by atoms with Crippen molar-refractivity contribution in [3.63, 3.8) is 0 Å². The SMILES string of the molecule is C=CCOC(=O)COc1c2ccccc2c(OCC(=O)O)c2ccccc12. The summed E-state index contributed by atoms with van der Waals surface area (Å²) < 4.78 is 16.3. The number of ether oxygens (including phenoxy) is 3. The molecule has 0 unspecified atom stereocenters. The van der Waals surface area contributed by atoms with Gasteiger partial charge in [-0.2, -0.15) is 0 Å². The van der Waals surface area contributed by atoms with E-state index in [1.807, 2.05) is 48.5 Å². The number of carboxylic acid groups (broad SMARTS) is 1. The molecular weight excluding hydrogens is 348 g/mol. The molecule has 138 valence electrons. The van der Waals surface area contributed by atoms with Crippen molar-refractivity contribution in [3.05, 3.63) is 61.2 Å². The molecule has 0 atom stereocenters. The van der Waals surface area contributed by atoms with Crippen LogP contribution in [0.15, 0.2) is 61.2 Å². The number of carbonyl (C=O) groups excluding carboxylic acids is 1. The molecule has 0 saturated carbocycles. The first-order chi connectivity index (χ1) is 13.1. The summed E-state index contributed by atoms with van der Waals surface area (Å²) in [5.74, 6) is -0.590. The van der Waals surface area contributed by atoms with Crippen LogP contribution in [0.4, 0.5) is 0 Å². The minimum absolute atomic E-state index is 0.117. The lowest BCUT2D eigenvalue weighted by Crippen LogP contribution is -2.15. The Kier molecular flexibility index (Phi) is 5.56. The molecule has 0 aliphatic rings. The smallest absolute Gasteiger partial charge is 0.344 e. The Bertz CT molecular complexity index is 951. The molecule has 1 N–H and O–H groups in total. The number of hydrogen-bond acceptors (Lipinski definition) is 5. The van der Waals surface area contributed by atoms with E-state index in [0.29, 0.717) is 33.0 Å². The average Bonchev–Trinajstić information content (AvgIpc) is 2.68. The molecule has 3 rings (SSSR count). The number of benzene rings is 3. The molecule has 27 heavy (non-hydrogen) atoms. The van der Waals surface area contributed by atoms with Gasteiger partial charge in [0.1, 0.15) is 18.1 Å². The van der Waals surface area contributed by atoms with Crippen LogP contribution in [0.3, 0.4) is 0 Å². The molecule has 6 heteroatoms. The molecular formula is C21H18O6. The van der Waals surface area contributed by atoms with Crippen molar-refractivity contribution in [1.82, 2.24) is 0 Å². The van der Waals surface area contributed by atoms with E-state index in [2.05, 4.69) is 6.58 Å². The highest BCUT2D eigenvalue weighted by Crippen LogP contribution is 2.42. The third-order valence-corrected chi connectivity index (χ3v) is 3.87. The van der Waals surface area contributed by atoms with Crippen LogP contribution in [0.1, 0.15) is 0 Å². The minimum atomic E-state index is -1.06. The Labute approximate surface area is 155 Å². The molecule has 0 aromatic heterocycles. The van der Waals surface area contributed by atoms with Gasteiger partial charge in [0.05, 0.1) is 0 Å². The molecule has 0 amide bonds. The number of hydrogen-bond donors (Lipinski definition) is 1. The lowest BCUT2D eigenvalue weighted by Gasteiger charge is -2.17. The Morgan fingerprint density at radius 3 is 1.70 bits per heavy atom. The van der Waals surface area contributed by atoms with Gasteiger partial charge < -0.3 is 19.3 Å². The van der Waals surface area contributed by atoms with E-state index in [0.717, 1.165) is 0 Å². The van der Waals surface area contributed by atoms with Crippen molar-refractivity contribution in [2.24, 2.45) is 0 Å². The number of rotatable bonds is 8. The summed E-state index contributed by atoms with van der Waals surface area (Å²) in [4.78, 5) is 22.8. The van der Waals surface area contributed by atoms with Gasteiger partial charge in [-0.05, 0) is 0 Å². The van der Waals surface area contributed by atoms with Gasteiger partial charge in [-0.1, -0.05) is 61.2 Å². The van der Waals surface area contributed by atoms with E-state index in [1.54, 1.807) is 0 Å². The van der Waals surface area contributed by atoms with E-state index >= 15 is 0 Å². The summed E-state index contributed by atoms with van der Waals surface area (Å²) >= 11 is 0. The van der Waals surface area contributed by atoms with E-state index in [1.165, 1.54) is 6.08 Å². The largest absolute Gasteiger partial charge is 0.481 e. The Hall–Kier alpha value is -3.54. The number of carbonyl (C=O) groups is 2. The number of esters is 1. The predicted octanol–water partition coefficient (Wildman–Crippen LogP) is 3.56. The molecule has 3 aromatic carbocycles. The first kappa shape index (κ1) is 18.3. The Morgan fingerprint density at radius 1 is 0.852 bits per heavy atom. The minimum Gasteiger partial charge on any atom is -0.481 e. The zero-order valence-corrected chi connectivity index (χ0v) is 14.5. The maximum absolute atomic E-state index is 11.8. The second-order valence-corrected chi connectivity index (χ2v) is 5.69. The maximum Gasteiger partial charge on any atom is 0.344 e. The van der Waals surface area contributed by atoms with E-state index < -0.39 is 18.5 Å². The molecule has 0 bridgehead atoms. The van der Waals surface area contributed by atoms with Crippen molar-refractivity contribution in [3.8, 4) is 11.5 Å². The normalized spacial score (nSPS) is 10.5. The van der Waals surface area contributed by atoms with Gasteiger partial charge in [0.25, 0.3) is 0 Å². The van der Waals surface area contributed by atoms with Crippen molar-refractivity contribution in [2.45, 2.75) is 0 Å². The van der Waals surface area contributed by atoms with Crippen LogP contribution in [-0.4, -0.2) is 36.9 Å². The predicted molar refractivity (Wildman–Crippen MR) is 101 cm³/mol. The summed E-state index contributed by atoms with van der Waals surface area (Å²) in [6.45, 7) is 2.91. The Balaban J connectivity index is 2.09. The highest BCUT2D eigenvalue weighted by molar-refractivity contribution is 6.11. The van der Waals surface area contributed by atoms with Crippen molar-refractivity contribution in [2.75, 3.05) is 19.8 Å². The molecule has 0 heterocycles. The highest BCUT2D eigenvalue weighted by atomic mass is 16.6. The van der Waals surface area contributed by atoms with E-state index in [4.69, 9.17) is 19.3 Å². The number of fused-ring (bicyclic) bond motifs is 2. The van der Waals surface area contributed by atoms with Gasteiger partial charge in [-0.15, -0.1) is 0 Å². The van der Waals surface area contributed by atoms with Gasteiger partial charge >= 0.3 is 11.9 Å². The van der Waals surface area contributed by atoms with Gasteiger partial charge in [0, 0.05) is 21.5 Å². The van der Waals surface area contributed by atoms with Crippen LogP contribution >= 0.6 is 0 Å². The summed E-state index contributed by atoms with van der Waals surface area (Å²) in [6.07, 6.45) is 1.48. The van der Waals surface area contributed by atoms with Gasteiger partial charge in [0.15, 0.2) is 13.2 Å². The summed E-state index contributed by atoms with van der Waals surface area (Å²) in [6, 6.07) is 14.6. The second-order valence-electron chi connectivity index (χ2n) is 5.69. The third-order valence-electron chi connectivity index (χ3n) is 3.87. The van der Waals surface area contributed by atoms with E-state index in [9.17, 15) is 9.59 Å². The molecule has 0 saturated heterocycles. The zero-order valence-electron chi connectivity index (χ0n) is 14.5. The number of aliphatic carboxylic acids is 1. The molecule has 0 spiro atoms. The standard InChI is InChI=1S/C21H18O6/c1-2-11-25-19(24)13-27-21-16-9-5-3-7-14(16)20(26-12-18(22)23)15-8-4-6-10-17(15)21/h2-10H,1,11-13H2,(H,22,23). The lowest BCUT2D eigenvalue weighted by molar-refractivity contribution is -0.144. The first-order valence-electron chi connectivity index (χ1n) is 8.29. The average molecular weight is 366 g/mol. The van der Waals surface area contributed by atoms with Crippen molar-refractivity contribution in [1.29, 1.82) is 0 Å². The Morgan fingerprint density at radius 2 is 1.30 bits per heavy atom. The van der Waals surface area contributed by atoms with Crippen LogP contribution in [0.5, 0.6) is 11.5 Å². The summed E-state index contributed by atoms with van der Waals surface area (Å²) in [5.41, 5.74) is 0. The maximum atomic E-state index is 11.8. The fraction of sp³-hybridized carbons (Fsp3) is 0.143. The number of carboxylic acids is 1.